The second kappa shape index (κ2) is 4.54. The van der Waals surface area contributed by atoms with Gasteiger partial charge in [-0.2, -0.15) is 0 Å². The van der Waals surface area contributed by atoms with Crippen LogP contribution < -0.4 is 0 Å². The lowest BCUT2D eigenvalue weighted by atomic mass is 10.1. The first-order valence-corrected chi connectivity index (χ1v) is 6.73. The van der Waals surface area contributed by atoms with Crippen molar-refractivity contribution in [1.82, 2.24) is 0 Å². The van der Waals surface area contributed by atoms with Gasteiger partial charge in [0.25, 0.3) is 0 Å². The van der Waals surface area contributed by atoms with Gasteiger partial charge >= 0.3 is 0 Å². The number of alkyl halides is 1. The Morgan fingerprint density at radius 3 is 2.33 bits per heavy atom. The summed E-state index contributed by atoms with van der Waals surface area (Å²) in [5, 5.41) is 0. The van der Waals surface area contributed by atoms with E-state index in [1.54, 1.807) is 0 Å². The fourth-order valence-electron chi connectivity index (χ4n) is 2.23. The molecule has 1 aliphatic rings. The summed E-state index contributed by atoms with van der Waals surface area (Å²) in [5.41, 5.74) is 3.73. The van der Waals surface area contributed by atoms with E-state index in [0.717, 1.165) is 22.3 Å². The van der Waals surface area contributed by atoms with Crippen molar-refractivity contribution in [3.05, 3.63) is 76.9 Å². The van der Waals surface area contributed by atoms with Crippen LogP contribution in [0, 0.1) is 0 Å². The first-order valence-electron chi connectivity index (χ1n) is 5.82. The number of fused-ring (bicyclic) bond motifs is 1. The van der Waals surface area contributed by atoms with Crippen molar-refractivity contribution in [3.8, 4) is 0 Å². The molecule has 0 aromatic heterocycles. The number of allylic oxidation sites excluding steroid dienone is 1. The molecule has 3 rings (SSSR count). The Hall–Kier alpha value is -1.67. The van der Waals surface area contributed by atoms with Crippen LogP contribution in [0.25, 0.3) is 6.08 Å². The smallest absolute Gasteiger partial charge is 0.190 e. The van der Waals surface area contributed by atoms with E-state index in [2.05, 4.69) is 15.9 Å². The Labute approximate surface area is 114 Å². The topological polar surface area (TPSA) is 17.1 Å². The number of ketones is 1. The molecule has 1 atom stereocenters. The number of rotatable bonds is 1. The van der Waals surface area contributed by atoms with Crippen molar-refractivity contribution in [2.24, 2.45) is 0 Å². The Bertz CT molecular complexity index is 629. The first-order chi connectivity index (χ1) is 8.77. The van der Waals surface area contributed by atoms with Gasteiger partial charge in [0.2, 0.25) is 0 Å². The monoisotopic (exact) mass is 298 g/mol. The molecule has 1 nitrogen and oxygen atoms in total. The molecule has 0 amide bonds. The number of hydrogen-bond acceptors (Lipinski definition) is 1. The molecule has 0 N–H and O–H groups in total. The summed E-state index contributed by atoms with van der Waals surface area (Å²) in [6, 6.07) is 17.7. The zero-order valence-corrected chi connectivity index (χ0v) is 11.2. The summed E-state index contributed by atoms with van der Waals surface area (Å²) in [6.45, 7) is 0. The zero-order valence-electron chi connectivity index (χ0n) is 9.64. The van der Waals surface area contributed by atoms with Crippen molar-refractivity contribution in [1.29, 1.82) is 0 Å². The largest absolute Gasteiger partial charge is 0.289 e. The fraction of sp³-hybridized carbons (Fsp3) is 0.0625. The second-order valence-electron chi connectivity index (χ2n) is 4.29. The first kappa shape index (κ1) is 11.4. The number of carbonyl (C=O) groups excluding carboxylic acids is 1. The normalized spacial score (nSPS) is 20.2. The lowest BCUT2D eigenvalue weighted by Crippen LogP contribution is -1.95. The summed E-state index contributed by atoms with van der Waals surface area (Å²) in [7, 11) is 0. The van der Waals surface area contributed by atoms with Crippen LogP contribution in [-0.4, -0.2) is 5.78 Å². The van der Waals surface area contributed by atoms with Crippen LogP contribution in [0.4, 0.5) is 0 Å². The Morgan fingerprint density at radius 1 is 0.944 bits per heavy atom. The predicted octanol–water partition coefficient (Wildman–Crippen LogP) is 4.40. The quantitative estimate of drug-likeness (QED) is 0.563. The van der Waals surface area contributed by atoms with Gasteiger partial charge in [-0.1, -0.05) is 70.5 Å². The van der Waals surface area contributed by atoms with E-state index in [-0.39, 0.29) is 10.6 Å². The molecule has 2 aromatic carbocycles. The van der Waals surface area contributed by atoms with Crippen LogP contribution in [0.3, 0.4) is 0 Å². The Kier molecular flexibility index (Phi) is 2.88. The van der Waals surface area contributed by atoms with Crippen molar-refractivity contribution in [3.63, 3.8) is 0 Å². The number of carbonyl (C=O) groups is 1. The van der Waals surface area contributed by atoms with E-state index in [1.807, 2.05) is 60.7 Å². The molecular formula is C16H11BrO. The van der Waals surface area contributed by atoms with E-state index >= 15 is 0 Å². The van der Waals surface area contributed by atoms with Crippen LogP contribution in [0.15, 0.2) is 60.2 Å². The minimum atomic E-state index is 0.00130. The number of benzene rings is 2. The standard InChI is InChI=1S/C16H11BrO/c17-15-12-8-4-5-9-13(12)16(18)14(15)10-11-6-2-1-3-7-11/h1-10,15H. The van der Waals surface area contributed by atoms with Crippen molar-refractivity contribution in [2.45, 2.75) is 4.83 Å². The van der Waals surface area contributed by atoms with Crippen LogP contribution in [0.1, 0.15) is 26.3 Å². The molecule has 2 aromatic rings. The van der Waals surface area contributed by atoms with E-state index in [1.165, 1.54) is 0 Å². The predicted molar refractivity (Wildman–Crippen MR) is 76.9 cm³/mol. The molecule has 1 unspecified atom stereocenters. The summed E-state index contributed by atoms with van der Waals surface area (Å²) < 4.78 is 0. The van der Waals surface area contributed by atoms with Crippen molar-refractivity contribution in [2.75, 3.05) is 0 Å². The van der Waals surface area contributed by atoms with E-state index < -0.39 is 0 Å². The molecule has 0 fully saturated rings. The molecule has 88 valence electrons. The van der Waals surface area contributed by atoms with Crippen molar-refractivity contribution < 1.29 is 4.79 Å². The maximum Gasteiger partial charge on any atom is 0.190 e. The molecule has 0 radical (unpaired) electrons. The van der Waals surface area contributed by atoms with Crippen LogP contribution >= 0.6 is 15.9 Å². The zero-order chi connectivity index (χ0) is 12.5. The minimum absolute atomic E-state index is 0.00130. The van der Waals surface area contributed by atoms with Gasteiger partial charge in [0.05, 0.1) is 4.83 Å². The Balaban J connectivity index is 2.07. The van der Waals surface area contributed by atoms with Gasteiger partial charge in [-0.25, -0.2) is 0 Å². The maximum atomic E-state index is 12.3. The number of Topliss-reactive ketones (excluding diaryl/α,β-unsaturated/α-hetero) is 1. The number of halogens is 1. The second-order valence-corrected chi connectivity index (χ2v) is 5.20. The molecule has 1 aliphatic carbocycles. The van der Waals surface area contributed by atoms with Gasteiger partial charge in [0.1, 0.15) is 0 Å². The third-order valence-corrected chi connectivity index (χ3v) is 4.12. The summed E-state index contributed by atoms with van der Waals surface area (Å²) in [6.07, 6.45) is 1.96. The molecule has 0 bridgehead atoms. The van der Waals surface area contributed by atoms with Crippen molar-refractivity contribution >= 4 is 27.8 Å². The molecule has 0 spiro atoms. The van der Waals surface area contributed by atoms with Gasteiger partial charge in [-0.15, -0.1) is 0 Å². The van der Waals surface area contributed by atoms with Gasteiger partial charge in [-0.3, -0.25) is 4.79 Å². The molecule has 0 saturated carbocycles. The third kappa shape index (κ3) is 1.83. The molecular weight excluding hydrogens is 288 g/mol. The molecule has 0 saturated heterocycles. The van der Waals surface area contributed by atoms with Crippen LogP contribution in [0.2, 0.25) is 0 Å². The van der Waals surface area contributed by atoms with Gasteiger partial charge in [0, 0.05) is 11.1 Å². The lowest BCUT2D eigenvalue weighted by molar-refractivity contribution is 0.104. The third-order valence-electron chi connectivity index (χ3n) is 3.14. The SMILES string of the molecule is O=C1C(=Cc2ccccc2)C(Br)c2ccccc21. The van der Waals surface area contributed by atoms with Gasteiger partial charge < -0.3 is 0 Å². The highest BCUT2D eigenvalue weighted by molar-refractivity contribution is 9.09. The highest BCUT2D eigenvalue weighted by Crippen LogP contribution is 2.42. The average molecular weight is 299 g/mol. The summed E-state index contributed by atoms with van der Waals surface area (Å²) in [5.74, 6) is 0.122. The molecule has 18 heavy (non-hydrogen) atoms. The maximum absolute atomic E-state index is 12.3. The lowest BCUT2D eigenvalue weighted by Gasteiger charge is -2.03. The molecule has 0 aliphatic heterocycles. The molecule has 0 heterocycles. The van der Waals surface area contributed by atoms with E-state index in [9.17, 15) is 4.79 Å². The minimum Gasteiger partial charge on any atom is -0.289 e. The highest BCUT2D eigenvalue weighted by Gasteiger charge is 2.32. The Morgan fingerprint density at radius 2 is 1.61 bits per heavy atom. The average Bonchev–Trinajstić information content (AvgIpc) is 2.66. The van der Waals surface area contributed by atoms with E-state index in [0.29, 0.717) is 0 Å². The fourth-order valence-corrected chi connectivity index (χ4v) is 2.97. The highest BCUT2D eigenvalue weighted by atomic mass is 79.9. The van der Waals surface area contributed by atoms with Crippen LogP contribution in [0.5, 0.6) is 0 Å². The summed E-state index contributed by atoms with van der Waals surface area (Å²) >= 11 is 3.61. The number of hydrogen-bond donors (Lipinski definition) is 0. The van der Waals surface area contributed by atoms with E-state index in [4.69, 9.17) is 0 Å². The van der Waals surface area contributed by atoms with Gasteiger partial charge in [-0.05, 0) is 17.2 Å². The molecule has 2 heteroatoms. The summed E-state index contributed by atoms with van der Waals surface area (Å²) in [4.78, 5) is 12.3. The van der Waals surface area contributed by atoms with Crippen LogP contribution in [-0.2, 0) is 0 Å². The van der Waals surface area contributed by atoms with Gasteiger partial charge in [0.15, 0.2) is 5.78 Å².